The Labute approximate surface area is 278 Å². The molecule has 8 rings (SSSR count). The molecule has 3 amide bonds. The Morgan fingerprint density at radius 3 is 2.44 bits per heavy atom. The number of thioether (sulfide) groups is 1. The van der Waals surface area contributed by atoms with Crippen LogP contribution in [0.4, 0.5) is 28.9 Å². The van der Waals surface area contributed by atoms with E-state index < -0.39 is 47.8 Å². The molecule has 0 spiro atoms. The Morgan fingerprint density at radius 2 is 1.69 bits per heavy atom. The number of aromatic amines is 1. The number of aromatic nitrogens is 1. The summed E-state index contributed by atoms with van der Waals surface area (Å²) in [7, 11) is 0. The maximum Gasteiger partial charge on any atom is 0.416 e. The standard InChI is InChI=1S/C34H25F4N3O5S2/c35-16-8-10-18(11-9-16)41-31(43)26-20-13-21(27(26)32(41)44)28-25(20)24(29-30(47-28)40-33(45)48-29)19-6-1-2-7-22(19)46-14-23(42)39-17-5-3-4-15(12-17)34(36,37)38/h1-12,20-21,24-28H,13-14H2,(H,39,42)(H,40,45)/t20-,21-,24-,25?,26?,27?,28?/m1/s1. The largest absolute Gasteiger partial charge is 0.483 e. The predicted octanol–water partition coefficient (Wildman–Crippen LogP) is 6.29. The van der Waals surface area contributed by atoms with E-state index in [-0.39, 0.29) is 45.4 Å². The lowest BCUT2D eigenvalue weighted by Crippen LogP contribution is -2.42. The van der Waals surface area contributed by atoms with Gasteiger partial charge >= 0.3 is 11.0 Å². The van der Waals surface area contributed by atoms with Gasteiger partial charge in [-0.3, -0.25) is 24.1 Å². The lowest BCUT2D eigenvalue weighted by atomic mass is 9.68. The molecule has 14 heteroatoms. The van der Waals surface area contributed by atoms with Crippen molar-refractivity contribution in [2.45, 2.75) is 28.8 Å². The number of fused-ring (bicyclic) bond motifs is 9. The van der Waals surface area contributed by atoms with E-state index in [1.165, 1.54) is 53.1 Å². The quantitative estimate of drug-likeness (QED) is 0.181. The maximum atomic E-state index is 13.9. The fourth-order valence-corrected chi connectivity index (χ4v) is 11.1. The average Bonchev–Trinajstić information content (AvgIpc) is 3.79. The molecule has 2 aliphatic heterocycles. The van der Waals surface area contributed by atoms with Gasteiger partial charge in [0.05, 0.1) is 28.1 Å². The van der Waals surface area contributed by atoms with Crippen molar-refractivity contribution in [3.8, 4) is 5.75 Å². The zero-order chi connectivity index (χ0) is 33.5. The third kappa shape index (κ3) is 4.95. The first-order valence-electron chi connectivity index (χ1n) is 15.2. The highest BCUT2D eigenvalue weighted by Gasteiger charge is 2.69. The number of para-hydroxylation sites is 1. The smallest absolute Gasteiger partial charge is 0.416 e. The van der Waals surface area contributed by atoms with E-state index in [2.05, 4.69) is 10.3 Å². The van der Waals surface area contributed by atoms with Crippen molar-refractivity contribution in [1.82, 2.24) is 4.98 Å². The Balaban J connectivity index is 1.09. The van der Waals surface area contributed by atoms with Crippen molar-refractivity contribution < 1.29 is 36.7 Å². The summed E-state index contributed by atoms with van der Waals surface area (Å²) in [4.78, 5) is 57.9. The maximum absolute atomic E-state index is 13.9. The Morgan fingerprint density at radius 1 is 0.958 bits per heavy atom. The van der Waals surface area contributed by atoms with E-state index in [4.69, 9.17) is 4.74 Å². The molecule has 2 saturated carbocycles. The fourth-order valence-electron chi connectivity index (χ4n) is 8.19. The van der Waals surface area contributed by atoms with Crippen molar-refractivity contribution in [3.63, 3.8) is 0 Å². The average molecular weight is 696 g/mol. The van der Waals surface area contributed by atoms with Crippen LogP contribution in [0.3, 0.4) is 0 Å². The monoisotopic (exact) mass is 695 g/mol. The van der Waals surface area contributed by atoms with Crippen LogP contribution in [0.2, 0.25) is 0 Å². The second-order valence-corrected chi connectivity index (χ2v) is 14.6. The molecule has 1 saturated heterocycles. The molecule has 4 aromatic rings. The number of carbonyl (C=O) groups excluding carboxylic acids is 3. The van der Waals surface area contributed by atoms with Crippen LogP contribution in [-0.4, -0.2) is 34.6 Å². The number of hydrogen-bond donors (Lipinski definition) is 2. The Bertz CT molecular complexity index is 2030. The minimum Gasteiger partial charge on any atom is -0.483 e. The summed E-state index contributed by atoms with van der Waals surface area (Å²) in [6.45, 7) is -0.491. The van der Waals surface area contributed by atoms with Gasteiger partial charge in [-0.2, -0.15) is 13.2 Å². The number of nitrogens with zero attached hydrogens (tertiary/aromatic N) is 1. The van der Waals surface area contributed by atoms with Gasteiger partial charge in [0, 0.05) is 27.3 Å². The van der Waals surface area contributed by atoms with E-state index >= 15 is 0 Å². The SMILES string of the molecule is O=C(COc1ccccc1[C@H]1c2sc(=O)[nH]c2SC2C1[C@H]1C[C@@H]2C2C(=O)N(c3ccc(F)cc3)C(=O)C21)Nc1cccc(C(F)(F)F)c1. The zero-order valence-corrected chi connectivity index (χ0v) is 26.3. The van der Waals surface area contributed by atoms with Gasteiger partial charge in [-0.05, 0) is 72.7 Å². The second-order valence-electron chi connectivity index (χ2n) is 12.4. The van der Waals surface area contributed by atoms with Crippen molar-refractivity contribution in [2.75, 3.05) is 16.8 Å². The van der Waals surface area contributed by atoms with E-state index in [9.17, 15) is 36.7 Å². The van der Waals surface area contributed by atoms with E-state index in [1.807, 2.05) is 12.1 Å². The molecule has 0 radical (unpaired) electrons. The highest BCUT2D eigenvalue weighted by Crippen LogP contribution is 2.69. The van der Waals surface area contributed by atoms with Gasteiger partial charge in [-0.15, -0.1) is 11.8 Å². The first kappa shape index (κ1) is 30.9. The van der Waals surface area contributed by atoms with Crippen LogP contribution in [0, 0.1) is 35.4 Å². The normalized spacial score (nSPS) is 27.1. The van der Waals surface area contributed by atoms with Crippen molar-refractivity contribution in [2.24, 2.45) is 29.6 Å². The number of rotatable bonds is 6. The molecule has 8 nitrogen and oxygen atoms in total. The van der Waals surface area contributed by atoms with Crippen LogP contribution in [0.1, 0.15) is 28.3 Å². The van der Waals surface area contributed by atoms with Gasteiger partial charge in [-0.1, -0.05) is 35.6 Å². The van der Waals surface area contributed by atoms with Gasteiger partial charge in [-0.25, -0.2) is 4.39 Å². The topological polar surface area (TPSA) is 109 Å². The Hall–Kier alpha value is -4.43. The number of halogens is 4. The van der Waals surface area contributed by atoms with E-state index in [0.717, 1.165) is 28.3 Å². The number of anilines is 2. The molecular weight excluding hydrogens is 671 g/mol. The molecule has 3 heterocycles. The molecule has 3 aromatic carbocycles. The number of thiazole rings is 1. The number of H-pyrrole nitrogens is 1. The van der Waals surface area contributed by atoms with Crippen LogP contribution in [0.5, 0.6) is 5.75 Å². The van der Waals surface area contributed by atoms with Crippen LogP contribution in [0.25, 0.3) is 0 Å². The molecule has 4 aliphatic rings. The first-order valence-corrected chi connectivity index (χ1v) is 16.9. The molecule has 2 bridgehead atoms. The number of carbonyl (C=O) groups is 3. The van der Waals surface area contributed by atoms with Crippen LogP contribution >= 0.6 is 23.1 Å². The zero-order valence-electron chi connectivity index (χ0n) is 24.7. The summed E-state index contributed by atoms with van der Waals surface area (Å²) < 4.78 is 59.2. The highest BCUT2D eigenvalue weighted by atomic mass is 32.2. The summed E-state index contributed by atoms with van der Waals surface area (Å²) in [5.41, 5.74) is 0.113. The van der Waals surface area contributed by atoms with Crippen molar-refractivity contribution in [1.29, 1.82) is 0 Å². The number of imide groups is 1. The van der Waals surface area contributed by atoms with E-state index in [1.54, 1.807) is 12.1 Å². The van der Waals surface area contributed by atoms with Crippen LogP contribution in [0.15, 0.2) is 82.6 Å². The summed E-state index contributed by atoms with van der Waals surface area (Å²) in [5, 5.41) is 3.05. The molecule has 4 unspecified atom stereocenters. The minimum absolute atomic E-state index is 0.0254. The Kier molecular flexibility index (Phi) is 7.29. The third-order valence-corrected chi connectivity index (χ3v) is 12.5. The van der Waals surface area contributed by atoms with Gasteiger partial charge in [0.25, 0.3) is 5.91 Å². The second kappa shape index (κ2) is 11.3. The number of hydrogen-bond acceptors (Lipinski definition) is 7. The molecule has 1 aromatic heterocycles. The van der Waals surface area contributed by atoms with Gasteiger partial charge in [0.1, 0.15) is 11.6 Å². The van der Waals surface area contributed by atoms with E-state index in [0.29, 0.717) is 28.4 Å². The fraction of sp³-hybridized carbons (Fsp3) is 0.294. The molecular formula is C34H25F4N3O5S2. The number of nitrogens with one attached hydrogen (secondary N) is 2. The molecule has 246 valence electrons. The van der Waals surface area contributed by atoms with Crippen molar-refractivity contribution >= 4 is 52.2 Å². The minimum atomic E-state index is -4.57. The molecule has 48 heavy (non-hydrogen) atoms. The highest BCUT2D eigenvalue weighted by molar-refractivity contribution is 8.00. The molecule has 2 aliphatic carbocycles. The van der Waals surface area contributed by atoms with Gasteiger partial charge < -0.3 is 15.0 Å². The van der Waals surface area contributed by atoms with Crippen LogP contribution < -0.4 is 19.8 Å². The summed E-state index contributed by atoms with van der Waals surface area (Å²) in [5.74, 6) is -3.33. The number of amides is 3. The molecule has 3 fully saturated rings. The molecule has 7 atom stereocenters. The third-order valence-electron chi connectivity index (χ3n) is 9.90. The summed E-state index contributed by atoms with van der Waals surface area (Å²) >= 11 is 2.60. The number of ether oxygens (including phenoxy) is 1. The summed E-state index contributed by atoms with van der Waals surface area (Å²) in [6.07, 6.45) is -3.91. The summed E-state index contributed by atoms with van der Waals surface area (Å²) in [6, 6.07) is 16.7. The lowest BCUT2D eigenvalue weighted by molar-refractivity contribution is -0.137. The van der Waals surface area contributed by atoms with Crippen molar-refractivity contribution in [3.05, 3.63) is 104 Å². The molecule has 2 N–H and O–H groups in total. The van der Waals surface area contributed by atoms with Gasteiger partial charge in [0.15, 0.2) is 6.61 Å². The number of alkyl halides is 3. The number of benzene rings is 3. The predicted molar refractivity (Wildman–Crippen MR) is 169 cm³/mol. The lowest BCUT2D eigenvalue weighted by Gasteiger charge is -2.43. The first-order chi connectivity index (χ1) is 23.0. The van der Waals surface area contributed by atoms with Gasteiger partial charge in [0.2, 0.25) is 11.8 Å². The van der Waals surface area contributed by atoms with Crippen LogP contribution in [-0.2, 0) is 20.6 Å².